The molecule has 8 aromatic heterocycles. The number of aromatic amines is 4. The van der Waals surface area contributed by atoms with Gasteiger partial charge in [-0.2, -0.15) is 10.2 Å². The summed E-state index contributed by atoms with van der Waals surface area (Å²) in [4.78, 5) is 34.9. The molecule has 0 unspecified atom stereocenters. The zero-order chi connectivity index (χ0) is 59.8. The second-order valence-electron chi connectivity index (χ2n) is 20.7. The molecule has 0 fully saturated rings. The number of aliphatic imine (C=N–C) groups is 2. The molecule has 13 heteroatoms. The standard InChI is InChI=1S/C9H8N2.3C9H9N.2C8H8N2.C7H7N3.C7H8.C6H7N/c1-7-5-8-3-2-4-10-9(8)11-6-7;1-7-2-3-8-5-10-6-9(8)4-7;1-7-3-2-4-8-5-10-6-9(7)8;1-7-3-2-4-8-5-6-10-9(7)8;1-6-2-3-7-5-9-10-8(7)4-6;1-6-3-2-4-7-5-9-10-8(6)7;1-5-2-3-6-7(10-5)9-4-8-6;1-7-5-3-2-4-6-7;1-6-3-2-4-7-5-6/h2-6H,1H3;2*2-4,6H,5H2,1H3;2-6,10H,1H3;2*2-5H,1H3,(H,9,10);2-4H,1H3,(H,8,9,10);2-6H,1H3;2-5H,1H3. The molecule has 426 valence electrons. The number of aromatic nitrogens is 11. The lowest BCUT2D eigenvalue weighted by Gasteiger charge is -1.98. The summed E-state index contributed by atoms with van der Waals surface area (Å²) in [5, 5.41) is 18.5. The zero-order valence-electron chi connectivity index (χ0n) is 49.9. The van der Waals surface area contributed by atoms with E-state index >= 15 is 0 Å². The molecule has 13 nitrogen and oxygen atoms in total. The van der Waals surface area contributed by atoms with E-state index in [9.17, 15) is 0 Å². The zero-order valence-corrected chi connectivity index (χ0v) is 49.9. The molecule has 0 amide bonds. The van der Waals surface area contributed by atoms with Gasteiger partial charge in [-0.1, -0.05) is 132 Å². The van der Waals surface area contributed by atoms with Crippen LogP contribution < -0.4 is 0 Å². The van der Waals surface area contributed by atoms with Gasteiger partial charge in [-0.3, -0.25) is 25.2 Å². The number of fused-ring (bicyclic) bond motifs is 7. The minimum absolute atomic E-state index is 0.792. The van der Waals surface area contributed by atoms with Crippen molar-refractivity contribution in [2.24, 2.45) is 9.98 Å². The largest absolute Gasteiger partial charge is 0.361 e. The predicted molar refractivity (Wildman–Crippen MR) is 353 cm³/mol. The molecular weight excluding hydrogens is 1050 g/mol. The number of H-pyrrole nitrogens is 4. The maximum atomic E-state index is 4.19. The average molecular weight is 1120 g/mol. The second-order valence-corrected chi connectivity index (χ2v) is 20.7. The van der Waals surface area contributed by atoms with Crippen LogP contribution in [0.4, 0.5) is 0 Å². The van der Waals surface area contributed by atoms with Crippen molar-refractivity contribution in [3.05, 3.63) is 292 Å². The number of benzene rings is 6. The van der Waals surface area contributed by atoms with E-state index in [0.29, 0.717) is 0 Å². The van der Waals surface area contributed by atoms with Crippen LogP contribution in [0.3, 0.4) is 0 Å². The number of pyridine rings is 4. The topological polar surface area (TPSA) is 178 Å². The predicted octanol–water partition coefficient (Wildman–Crippen LogP) is 16.7. The van der Waals surface area contributed by atoms with Gasteiger partial charge in [0.2, 0.25) is 0 Å². The van der Waals surface area contributed by atoms with E-state index in [0.717, 1.165) is 52.0 Å². The molecule has 2 aliphatic rings. The first-order valence-corrected chi connectivity index (χ1v) is 28.2. The van der Waals surface area contributed by atoms with Gasteiger partial charge >= 0.3 is 0 Å². The Bertz CT molecular complexity index is 4200. The number of imidazole rings is 1. The Hall–Kier alpha value is -10.5. The van der Waals surface area contributed by atoms with Crippen LogP contribution in [-0.4, -0.2) is 67.7 Å². The number of para-hydroxylation sites is 2. The van der Waals surface area contributed by atoms with Gasteiger partial charge in [-0.05, 0) is 166 Å². The Morgan fingerprint density at radius 2 is 1.08 bits per heavy atom. The lowest BCUT2D eigenvalue weighted by Crippen LogP contribution is -1.86. The molecule has 0 saturated heterocycles. The highest BCUT2D eigenvalue weighted by Crippen LogP contribution is 2.19. The molecule has 4 N–H and O–H groups in total. The average Bonchev–Trinajstić information content (AvgIpc) is 4.54. The summed E-state index contributed by atoms with van der Waals surface area (Å²) in [6.07, 6.45) is 18.4. The number of aryl methyl sites for hydroxylation is 9. The van der Waals surface area contributed by atoms with Crippen molar-refractivity contribution in [1.82, 2.24) is 55.3 Å². The van der Waals surface area contributed by atoms with E-state index in [2.05, 4.69) is 210 Å². The SMILES string of the molecule is Cc1ccc2[nH]cnc2n1.Cc1ccc2c(c1)C=NC2.Cc1ccc2cn[nH]c2c1.Cc1cccc2c1C=NC2.Cc1cccc2cc[nH]c12.Cc1cccc2cn[nH]c12.Cc1ccccc1.Cc1cccnc1.Cc1cnc2ncccc2c1. The van der Waals surface area contributed by atoms with Gasteiger partial charge in [-0.25, -0.2) is 19.9 Å². The molecule has 85 heavy (non-hydrogen) atoms. The monoisotopic (exact) mass is 1120 g/mol. The van der Waals surface area contributed by atoms with Crippen molar-refractivity contribution in [2.75, 3.05) is 0 Å². The fourth-order valence-corrected chi connectivity index (χ4v) is 8.90. The summed E-state index contributed by atoms with van der Waals surface area (Å²) in [6.45, 7) is 20.3. The van der Waals surface area contributed by atoms with Crippen molar-refractivity contribution in [3.8, 4) is 0 Å². The van der Waals surface area contributed by atoms with Gasteiger partial charge in [0.1, 0.15) is 0 Å². The Labute approximate surface area is 497 Å². The quantitative estimate of drug-likeness (QED) is 0.117. The van der Waals surface area contributed by atoms with E-state index in [4.69, 9.17) is 0 Å². The molecule has 2 aliphatic heterocycles. The number of nitrogens with zero attached hydrogens (tertiary/aromatic N) is 9. The Balaban J connectivity index is 0.000000125. The maximum absolute atomic E-state index is 4.19. The van der Waals surface area contributed by atoms with Crippen LogP contribution in [0.5, 0.6) is 0 Å². The highest BCUT2D eigenvalue weighted by molar-refractivity contribution is 5.87. The van der Waals surface area contributed by atoms with Gasteiger partial charge in [0.25, 0.3) is 0 Å². The van der Waals surface area contributed by atoms with Crippen molar-refractivity contribution in [1.29, 1.82) is 0 Å². The van der Waals surface area contributed by atoms with Crippen molar-refractivity contribution in [2.45, 2.75) is 75.4 Å². The van der Waals surface area contributed by atoms with Crippen LogP contribution in [0.25, 0.3) is 54.9 Å². The van der Waals surface area contributed by atoms with Crippen LogP contribution in [-0.2, 0) is 13.1 Å². The van der Waals surface area contributed by atoms with Crippen LogP contribution in [0.2, 0.25) is 0 Å². The third kappa shape index (κ3) is 18.5. The molecule has 0 spiro atoms. The summed E-state index contributed by atoms with van der Waals surface area (Å²) >= 11 is 0. The molecule has 0 bridgehead atoms. The lowest BCUT2D eigenvalue weighted by atomic mass is 10.1. The van der Waals surface area contributed by atoms with Gasteiger partial charge in [-0.15, -0.1) is 0 Å². The van der Waals surface area contributed by atoms with E-state index in [-0.39, 0.29) is 0 Å². The summed E-state index contributed by atoms with van der Waals surface area (Å²) in [7, 11) is 0. The smallest absolute Gasteiger partial charge is 0.177 e. The maximum Gasteiger partial charge on any atom is 0.177 e. The molecule has 0 radical (unpaired) electrons. The fourth-order valence-electron chi connectivity index (χ4n) is 8.90. The molecule has 14 aromatic rings. The van der Waals surface area contributed by atoms with Crippen LogP contribution in [0.1, 0.15) is 72.5 Å². The van der Waals surface area contributed by atoms with Gasteiger partial charge in [0.05, 0.1) is 48.4 Å². The van der Waals surface area contributed by atoms with Gasteiger partial charge in [0, 0.05) is 76.3 Å². The summed E-state index contributed by atoms with van der Waals surface area (Å²) in [6, 6.07) is 57.7. The minimum Gasteiger partial charge on any atom is -0.361 e. The lowest BCUT2D eigenvalue weighted by molar-refractivity contribution is 1.11. The highest BCUT2D eigenvalue weighted by Gasteiger charge is 2.07. The Kier molecular flexibility index (Phi) is 22.1. The fraction of sp³-hybridized carbons (Fsp3) is 0.153. The van der Waals surface area contributed by atoms with E-state index in [1.54, 1.807) is 18.7 Å². The normalized spacial score (nSPS) is 10.9. The number of rotatable bonds is 0. The number of hydrogen-bond donors (Lipinski definition) is 4. The molecule has 16 rings (SSSR count). The number of nitrogens with one attached hydrogen (secondary N) is 4. The summed E-state index contributed by atoms with van der Waals surface area (Å²) in [5.74, 6) is 0. The first-order valence-electron chi connectivity index (χ1n) is 28.2. The van der Waals surface area contributed by atoms with Crippen LogP contribution in [0, 0.1) is 62.3 Å². The third-order valence-electron chi connectivity index (χ3n) is 13.5. The first-order chi connectivity index (χ1) is 41.4. The molecule has 10 heterocycles. The van der Waals surface area contributed by atoms with Crippen molar-refractivity contribution >= 4 is 67.3 Å². The van der Waals surface area contributed by atoms with Crippen LogP contribution in [0.15, 0.2) is 230 Å². The Morgan fingerprint density at radius 1 is 0.388 bits per heavy atom. The molecule has 6 aromatic carbocycles. The summed E-state index contributed by atoms with van der Waals surface area (Å²) < 4.78 is 0. The van der Waals surface area contributed by atoms with Crippen molar-refractivity contribution < 1.29 is 0 Å². The minimum atomic E-state index is 0.792. The number of hydrogen-bond acceptors (Lipinski definition) is 9. The second kappa shape index (κ2) is 31.1. The van der Waals surface area contributed by atoms with E-state index < -0.39 is 0 Å². The molecular formula is C72H73N13. The van der Waals surface area contributed by atoms with E-state index in [1.165, 1.54) is 88.4 Å². The molecule has 0 aliphatic carbocycles. The van der Waals surface area contributed by atoms with E-state index in [1.807, 2.05) is 131 Å². The first kappa shape index (κ1) is 60.6. The molecule has 0 saturated carbocycles. The van der Waals surface area contributed by atoms with Gasteiger partial charge < -0.3 is 9.97 Å². The third-order valence-corrected chi connectivity index (χ3v) is 13.5. The van der Waals surface area contributed by atoms with Crippen molar-refractivity contribution in [3.63, 3.8) is 0 Å². The Morgan fingerprint density at radius 3 is 1.82 bits per heavy atom. The molecule has 0 atom stereocenters. The van der Waals surface area contributed by atoms with Crippen LogP contribution >= 0.6 is 0 Å². The highest BCUT2D eigenvalue weighted by atomic mass is 15.1. The van der Waals surface area contributed by atoms with Gasteiger partial charge in [0.15, 0.2) is 11.3 Å². The summed E-state index contributed by atoms with van der Waals surface area (Å²) in [5.41, 5.74) is 22.6.